The molecule has 1 heterocycles. The van der Waals surface area contributed by atoms with Gasteiger partial charge in [0.2, 0.25) is 0 Å². The minimum Gasteiger partial charge on any atom is -0.479 e. The van der Waals surface area contributed by atoms with Gasteiger partial charge in [-0.15, -0.1) is 0 Å². The highest BCUT2D eigenvalue weighted by molar-refractivity contribution is 5.75. The van der Waals surface area contributed by atoms with E-state index in [-0.39, 0.29) is 31.1 Å². The van der Waals surface area contributed by atoms with E-state index in [1.165, 1.54) is 0 Å². The lowest BCUT2D eigenvalue weighted by Crippen LogP contribution is -2.46. The fourth-order valence-corrected chi connectivity index (χ4v) is 2.37. The summed E-state index contributed by atoms with van der Waals surface area (Å²) >= 11 is 0. The molecule has 0 spiro atoms. The van der Waals surface area contributed by atoms with Crippen molar-refractivity contribution in [2.75, 3.05) is 6.54 Å². The number of aliphatic hydroxyl groups excluding tert-OH is 1. The second-order valence-corrected chi connectivity index (χ2v) is 4.77. The normalized spacial score (nSPS) is 24.9. The van der Waals surface area contributed by atoms with E-state index >= 15 is 0 Å². The summed E-state index contributed by atoms with van der Waals surface area (Å²) in [6.45, 7) is 4.24. The molecule has 0 aromatic heterocycles. The zero-order chi connectivity index (χ0) is 13.7. The summed E-state index contributed by atoms with van der Waals surface area (Å²) in [7, 11) is 0. The Labute approximate surface area is 107 Å². The van der Waals surface area contributed by atoms with Gasteiger partial charge in [0.05, 0.1) is 0 Å². The molecule has 3 N–H and O–H groups in total. The lowest BCUT2D eigenvalue weighted by atomic mass is 10.2. The molecule has 1 aliphatic heterocycles. The molecule has 0 aromatic rings. The number of aliphatic hydroxyl groups is 1. The van der Waals surface area contributed by atoms with Gasteiger partial charge in [-0.3, -0.25) is 0 Å². The van der Waals surface area contributed by atoms with Crippen LogP contribution < -0.4 is 5.32 Å². The minimum atomic E-state index is -1.41. The van der Waals surface area contributed by atoms with Crippen molar-refractivity contribution in [1.82, 2.24) is 10.2 Å². The molecule has 1 rings (SSSR count). The molecule has 2 unspecified atom stereocenters. The summed E-state index contributed by atoms with van der Waals surface area (Å²) in [6.07, 6.45) is 1.56. The number of hydrogen-bond acceptors (Lipinski definition) is 3. The summed E-state index contributed by atoms with van der Waals surface area (Å²) < 4.78 is 0. The van der Waals surface area contributed by atoms with Crippen molar-refractivity contribution in [3.05, 3.63) is 0 Å². The number of carbonyl (C=O) groups excluding carboxylic acids is 1. The predicted molar refractivity (Wildman–Crippen MR) is 66.3 cm³/mol. The standard InChI is InChI=1S/C12H22N2O4/c1-3-9-5-4-8(2)14(9)12(18)13-7-6-10(15)11(16)17/h8-10,15H,3-7H2,1-2H3,(H,13,18)(H,16,17)/t8?,9?,10-/m0/s1. The molecule has 1 fully saturated rings. The maximum Gasteiger partial charge on any atom is 0.332 e. The van der Waals surface area contributed by atoms with Gasteiger partial charge in [-0.25, -0.2) is 9.59 Å². The molecule has 0 aromatic carbocycles. The van der Waals surface area contributed by atoms with Crippen LogP contribution in [0.15, 0.2) is 0 Å². The number of likely N-dealkylation sites (tertiary alicyclic amines) is 1. The van der Waals surface area contributed by atoms with Crippen molar-refractivity contribution in [2.45, 2.75) is 57.7 Å². The molecular formula is C12H22N2O4. The molecule has 0 radical (unpaired) electrons. The summed E-state index contributed by atoms with van der Waals surface area (Å²) in [4.78, 5) is 24.2. The van der Waals surface area contributed by atoms with Crippen LogP contribution >= 0.6 is 0 Å². The molecule has 104 valence electrons. The van der Waals surface area contributed by atoms with Gasteiger partial charge in [0, 0.05) is 25.0 Å². The van der Waals surface area contributed by atoms with Crippen LogP contribution in [0.3, 0.4) is 0 Å². The maximum absolute atomic E-state index is 12.0. The fraction of sp³-hybridized carbons (Fsp3) is 0.833. The molecule has 6 nitrogen and oxygen atoms in total. The van der Waals surface area contributed by atoms with E-state index < -0.39 is 12.1 Å². The van der Waals surface area contributed by atoms with Gasteiger partial charge >= 0.3 is 12.0 Å². The minimum absolute atomic E-state index is 0.0279. The van der Waals surface area contributed by atoms with Gasteiger partial charge in [-0.1, -0.05) is 6.92 Å². The average molecular weight is 258 g/mol. The molecule has 0 saturated carbocycles. The van der Waals surface area contributed by atoms with Crippen molar-refractivity contribution in [2.24, 2.45) is 0 Å². The van der Waals surface area contributed by atoms with Crippen LogP contribution in [0.1, 0.15) is 39.5 Å². The monoisotopic (exact) mass is 258 g/mol. The van der Waals surface area contributed by atoms with Crippen LogP contribution in [-0.4, -0.2) is 51.8 Å². The van der Waals surface area contributed by atoms with Crippen LogP contribution in [0, 0.1) is 0 Å². The van der Waals surface area contributed by atoms with Crippen molar-refractivity contribution in [1.29, 1.82) is 0 Å². The van der Waals surface area contributed by atoms with Crippen molar-refractivity contribution >= 4 is 12.0 Å². The zero-order valence-corrected chi connectivity index (χ0v) is 10.9. The zero-order valence-electron chi connectivity index (χ0n) is 10.9. The molecule has 3 atom stereocenters. The van der Waals surface area contributed by atoms with Gasteiger partial charge in [-0.05, 0) is 26.2 Å². The number of nitrogens with one attached hydrogen (secondary N) is 1. The van der Waals surface area contributed by atoms with Gasteiger partial charge in [0.15, 0.2) is 6.10 Å². The Balaban J connectivity index is 2.38. The highest BCUT2D eigenvalue weighted by Crippen LogP contribution is 2.25. The van der Waals surface area contributed by atoms with Crippen LogP contribution in [0.5, 0.6) is 0 Å². The summed E-state index contributed by atoms with van der Waals surface area (Å²) in [6, 6.07) is 0.327. The topological polar surface area (TPSA) is 89.9 Å². The van der Waals surface area contributed by atoms with Crippen molar-refractivity contribution < 1.29 is 19.8 Å². The van der Waals surface area contributed by atoms with E-state index in [0.717, 1.165) is 19.3 Å². The SMILES string of the molecule is CCC1CCC(C)N1C(=O)NCC[C@H](O)C(=O)O. The third-order valence-corrected chi connectivity index (χ3v) is 3.47. The Bertz CT molecular complexity index is 308. The quantitative estimate of drug-likeness (QED) is 0.680. The lowest BCUT2D eigenvalue weighted by molar-refractivity contribution is -0.146. The summed E-state index contributed by atoms with van der Waals surface area (Å²) in [5, 5.41) is 20.3. The van der Waals surface area contributed by atoms with Crippen LogP contribution in [0.2, 0.25) is 0 Å². The molecule has 18 heavy (non-hydrogen) atoms. The Morgan fingerprint density at radius 1 is 1.44 bits per heavy atom. The number of urea groups is 1. The first-order chi connectivity index (χ1) is 8.47. The third-order valence-electron chi connectivity index (χ3n) is 3.47. The van der Waals surface area contributed by atoms with Crippen molar-refractivity contribution in [3.63, 3.8) is 0 Å². The van der Waals surface area contributed by atoms with Gasteiger partial charge in [-0.2, -0.15) is 0 Å². The predicted octanol–water partition coefficient (Wildman–Crippen LogP) is 0.794. The first-order valence-electron chi connectivity index (χ1n) is 6.44. The smallest absolute Gasteiger partial charge is 0.332 e. The third kappa shape index (κ3) is 3.60. The molecule has 2 amide bonds. The molecule has 1 aliphatic rings. The first-order valence-corrected chi connectivity index (χ1v) is 6.44. The van der Waals surface area contributed by atoms with E-state index in [0.29, 0.717) is 0 Å². The van der Waals surface area contributed by atoms with E-state index in [2.05, 4.69) is 12.2 Å². The second kappa shape index (κ2) is 6.58. The Morgan fingerprint density at radius 3 is 2.67 bits per heavy atom. The number of aliphatic carboxylic acids is 1. The fourth-order valence-electron chi connectivity index (χ4n) is 2.37. The van der Waals surface area contributed by atoms with E-state index in [9.17, 15) is 9.59 Å². The molecule has 1 saturated heterocycles. The highest BCUT2D eigenvalue weighted by atomic mass is 16.4. The molecule has 0 aliphatic carbocycles. The number of carboxylic acid groups (broad SMARTS) is 1. The number of nitrogens with zero attached hydrogens (tertiary/aromatic N) is 1. The Kier molecular flexibility index (Phi) is 5.40. The number of rotatable bonds is 5. The highest BCUT2D eigenvalue weighted by Gasteiger charge is 2.32. The second-order valence-electron chi connectivity index (χ2n) is 4.77. The van der Waals surface area contributed by atoms with Crippen molar-refractivity contribution in [3.8, 4) is 0 Å². The summed E-state index contributed by atoms with van der Waals surface area (Å²) in [5.41, 5.74) is 0. The Morgan fingerprint density at radius 2 is 2.11 bits per heavy atom. The maximum atomic E-state index is 12.0. The van der Waals surface area contributed by atoms with Gasteiger partial charge in [0.25, 0.3) is 0 Å². The van der Waals surface area contributed by atoms with E-state index in [1.807, 2.05) is 11.8 Å². The number of carbonyl (C=O) groups is 2. The number of hydrogen-bond donors (Lipinski definition) is 3. The van der Waals surface area contributed by atoms with Gasteiger partial charge < -0.3 is 20.4 Å². The van der Waals surface area contributed by atoms with Gasteiger partial charge in [0.1, 0.15) is 0 Å². The number of carboxylic acids is 1. The van der Waals surface area contributed by atoms with E-state index in [4.69, 9.17) is 10.2 Å². The molecule has 0 bridgehead atoms. The average Bonchev–Trinajstić information content (AvgIpc) is 2.69. The lowest BCUT2D eigenvalue weighted by Gasteiger charge is -2.28. The van der Waals surface area contributed by atoms with Crippen LogP contribution in [-0.2, 0) is 4.79 Å². The first kappa shape index (κ1) is 14.8. The summed E-state index contributed by atoms with van der Waals surface area (Å²) in [5.74, 6) is -1.26. The largest absolute Gasteiger partial charge is 0.479 e. The molecule has 6 heteroatoms. The van der Waals surface area contributed by atoms with Crippen LogP contribution in [0.4, 0.5) is 4.79 Å². The van der Waals surface area contributed by atoms with Crippen LogP contribution in [0.25, 0.3) is 0 Å². The van der Waals surface area contributed by atoms with E-state index in [1.54, 1.807) is 0 Å². The number of amides is 2. The molecular weight excluding hydrogens is 236 g/mol. The Hall–Kier alpha value is -1.30.